The molecule has 0 fully saturated rings. The molecule has 13 rings (SSSR count). The minimum Gasteiger partial charge on any atom is -0.452 e. The first-order chi connectivity index (χ1) is 30.2. The van der Waals surface area contributed by atoms with Crippen LogP contribution < -0.4 is 0 Å². The number of para-hydroxylation sites is 1. The van der Waals surface area contributed by atoms with Gasteiger partial charge in [-0.25, -0.2) is 9.97 Å². The van der Waals surface area contributed by atoms with Crippen molar-refractivity contribution in [2.24, 2.45) is 0 Å². The van der Waals surface area contributed by atoms with Crippen LogP contribution in [-0.4, -0.2) is 19.1 Å². The lowest BCUT2D eigenvalue weighted by atomic mass is 9.98. The smallest absolute Gasteiger partial charge is 0.236 e. The lowest BCUT2D eigenvalue weighted by molar-refractivity contribution is 0.630. The van der Waals surface area contributed by atoms with Gasteiger partial charge in [0.1, 0.15) is 17.0 Å². The Labute approximate surface area is 350 Å². The van der Waals surface area contributed by atoms with E-state index in [1.165, 1.54) is 48.7 Å². The third-order valence-corrected chi connectivity index (χ3v) is 12.3. The molecule has 0 saturated heterocycles. The maximum absolute atomic E-state index is 6.58. The molecule has 5 nitrogen and oxygen atoms in total. The van der Waals surface area contributed by atoms with Crippen LogP contribution in [0.25, 0.3) is 122 Å². The van der Waals surface area contributed by atoms with Gasteiger partial charge in [-0.05, 0) is 81.2 Å². The molecule has 284 valence electrons. The Hall–Kier alpha value is -8.28. The van der Waals surface area contributed by atoms with Gasteiger partial charge >= 0.3 is 0 Å². The fourth-order valence-electron chi connectivity index (χ4n) is 9.56. The Morgan fingerprint density at radius 3 is 1.49 bits per heavy atom. The molecule has 9 aromatic carbocycles. The molecule has 0 radical (unpaired) electrons. The van der Waals surface area contributed by atoms with Crippen LogP contribution in [0.15, 0.2) is 211 Å². The molecule has 0 aliphatic heterocycles. The maximum atomic E-state index is 6.58. The molecule has 0 aliphatic rings. The van der Waals surface area contributed by atoms with Gasteiger partial charge in [0.05, 0.1) is 22.1 Å². The molecule has 0 spiro atoms. The number of benzene rings is 9. The summed E-state index contributed by atoms with van der Waals surface area (Å²) in [5.41, 5.74) is 12.0. The zero-order valence-electron chi connectivity index (χ0n) is 32.8. The Morgan fingerprint density at radius 1 is 0.361 bits per heavy atom. The number of nitrogens with zero attached hydrogens (tertiary/aromatic N) is 4. The Bertz CT molecular complexity index is 3860. The third-order valence-electron chi connectivity index (χ3n) is 12.3. The van der Waals surface area contributed by atoms with Gasteiger partial charge in [0.15, 0.2) is 5.58 Å². The number of furan rings is 1. The zero-order chi connectivity index (χ0) is 40.0. The van der Waals surface area contributed by atoms with Crippen LogP contribution in [0.4, 0.5) is 0 Å². The van der Waals surface area contributed by atoms with Crippen molar-refractivity contribution in [3.8, 4) is 45.3 Å². The molecule has 0 bridgehead atoms. The number of fused-ring (bicyclic) bond motifs is 11. The van der Waals surface area contributed by atoms with Crippen molar-refractivity contribution >= 4 is 76.3 Å². The first-order valence-corrected chi connectivity index (χ1v) is 20.7. The fourth-order valence-corrected chi connectivity index (χ4v) is 9.56. The average Bonchev–Trinajstić information content (AvgIpc) is 4.02. The molecule has 4 heterocycles. The molecule has 5 heteroatoms. The lowest BCUT2D eigenvalue weighted by Gasteiger charge is -2.10. The summed E-state index contributed by atoms with van der Waals surface area (Å²) in [6.45, 7) is 0. The highest BCUT2D eigenvalue weighted by Crippen LogP contribution is 2.42. The van der Waals surface area contributed by atoms with Gasteiger partial charge in [-0.1, -0.05) is 152 Å². The van der Waals surface area contributed by atoms with Crippen molar-refractivity contribution in [2.45, 2.75) is 0 Å². The number of aromatic nitrogens is 4. The average molecular weight is 779 g/mol. The largest absolute Gasteiger partial charge is 0.452 e. The number of hydrogen-bond acceptors (Lipinski definition) is 3. The van der Waals surface area contributed by atoms with Crippen LogP contribution >= 0.6 is 0 Å². The minimum atomic E-state index is 0.594. The second-order valence-corrected chi connectivity index (χ2v) is 15.8. The molecule has 4 aromatic heterocycles. The Balaban J connectivity index is 1.07. The van der Waals surface area contributed by atoms with Crippen molar-refractivity contribution in [1.82, 2.24) is 19.1 Å². The third kappa shape index (κ3) is 5.14. The highest BCUT2D eigenvalue weighted by molar-refractivity contribution is 6.23. The van der Waals surface area contributed by atoms with Gasteiger partial charge in [-0.2, -0.15) is 0 Å². The van der Waals surface area contributed by atoms with E-state index in [2.05, 4.69) is 173 Å². The molecular formula is C56H34N4O. The molecule has 0 unspecified atom stereocenters. The summed E-state index contributed by atoms with van der Waals surface area (Å²) < 4.78 is 11.2. The minimum absolute atomic E-state index is 0.594. The van der Waals surface area contributed by atoms with Crippen molar-refractivity contribution < 1.29 is 4.42 Å². The van der Waals surface area contributed by atoms with Crippen LogP contribution in [0.5, 0.6) is 0 Å². The van der Waals surface area contributed by atoms with Crippen LogP contribution in [0.1, 0.15) is 0 Å². The standard InChI is InChI=1S/C56H34N4O/c1-4-16-37(17-5-1)51-34-46-55(61-51)54(38-18-6-2-7-19-38)58-56(57-46)60-48-29-27-40(33-45(48)53-43-23-13-11-15-36(43)25-31-50(53)60)39-26-28-47-44(32-39)52-42-22-12-10-14-35(42)24-30-49(52)59(47)41-20-8-3-9-21-41/h1-34H. The fraction of sp³-hybridized carbons (Fsp3) is 0. The van der Waals surface area contributed by atoms with Crippen LogP contribution in [-0.2, 0) is 0 Å². The van der Waals surface area contributed by atoms with E-state index in [1.54, 1.807) is 0 Å². The molecular weight excluding hydrogens is 745 g/mol. The summed E-state index contributed by atoms with van der Waals surface area (Å²) in [6, 6.07) is 73.3. The van der Waals surface area contributed by atoms with Crippen molar-refractivity contribution in [3.63, 3.8) is 0 Å². The topological polar surface area (TPSA) is 48.8 Å². The van der Waals surface area contributed by atoms with Crippen LogP contribution in [0.2, 0.25) is 0 Å². The quantitative estimate of drug-likeness (QED) is 0.175. The summed E-state index contributed by atoms with van der Waals surface area (Å²) in [4.78, 5) is 10.6. The van der Waals surface area contributed by atoms with E-state index < -0.39 is 0 Å². The van der Waals surface area contributed by atoms with Gasteiger partial charge < -0.3 is 8.98 Å². The molecule has 61 heavy (non-hydrogen) atoms. The highest BCUT2D eigenvalue weighted by atomic mass is 16.3. The molecule has 13 aromatic rings. The van der Waals surface area contributed by atoms with Gasteiger partial charge in [-0.3, -0.25) is 4.57 Å². The normalized spacial score (nSPS) is 11.9. The second kappa shape index (κ2) is 13.1. The molecule has 0 N–H and O–H groups in total. The predicted octanol–water partition coefficient (Wildman–Crippen LogP) is 14.7. The molecule has 0 atom stereocenters. The lowest BCUT2D eigenvalue weighted by Crippen LogP contribution is -2.02. The summed E-state index contributed by atoms with van der Waals surface area (Å²) in [5, 5.41) is 9.66. The Kier molecular flexibility index (Phi) is 7.24. The highest BCUT2D eigenvalue weighted by Gasteiger charge is 2.22. The summed E-state index contributed by atoms with van der Waals surface area (Å²) in [6.07, 6.45) is 0. The van der Waals surface area contributed by atoms with E-state index in [4.69, 9.17) is 14.4 Å². The van der Waals surface area contributed by atoms with Gasteiger partial charge in [0.2, 0.25) is 5.95 Å². The summed E-state index contributed by atoms with van der Waals surface area (Å²) in [7, 11) is 0. The SMILES string of the molecule is c1ccc(-c2cc3nc(-n4c5ccc(-c6ccc7c(c6)c6c8ccccc8ccc6n7-c6ccccc6)cc5c5c6ccccc6ccc54)nc(-c4ccccc4)c3o2)cc1. The summed E-state index contributed by atoms with van der Waals surface area (Å²) >= 11 is 0. The monoisotopic (exact) mass is 778 g/mol. The van der Waals surface area contributed by atoms with Crippen molar-refractivity contribution in [1.29, 1.82) is 0 Å². The predicted molar refractivity (Wildman–Crippen MR) is 252 cm³/mol. The van der Waals surface area contributed by atoms with Crippen molar-refractivity contribution in [2.75, 3.05) is 0 Å². The van der Waals surface area contributed by atoms with Gasteiger partial charge in [0.25, 0.3) is 0 Å². The van der Waals surface area contributed by atoms with E-state index in [-0.39, 0.29) is 0 Å². The Morgan fingerprint density at radius 2 is 0.869 bits per heavy atom. The van der Waals surface area contributed by atoms with Gasteiger partial charge in [0, 0.05) is 44.4 Å². The molecule has 0 amide bonds. The van der Waals surface area contributed by atoms with Gasteiger partial charge in [-0.15, -0.1) is 0 Å². The number of hydrogen-bond donors (Lipinski definition) is 0. The second-order valence-electron chi connectivity index (χ2n) is 15.8. The van der Waals surface area contributed by atoms with E-state index in [9.17, 15) is 0 Å². The van der Waals surface area contributed by atoms with E-state index in [1.807, 2.05) is 42.5 Å². The van der Waals surface area contributed by atoms with Crippen molar-refractivity contribution in [3.05, 3.63) is 206 Å². The van der Waals surface area contributed by atoms with Crippen LogP contribution in [0.3, 0.4) is 0 Å². The summed E-state index contributed by atoms with van der Waals surface area (Å²) in [5.74, 6) is 1.35. The van der Waals surface area contributed by atoms with Crippen LogP contribution in [0, 0.1) is 0 Å². The maximum Gasteiger partial charge on any atom is 0.236 e. The number of rotatable bonds is 5. The first-order valence-electron chi connectivity index (χ1n) is 20.7. The van der Waals surface area contributed by atoms with E-state index >= 15 is 0 Å². The van der Waals surface area contributed by atoms with E-state index in [0.717, 1.165) is 61.3 Å². The zero-order valence-corrected chi connectivity index (χ0v) is 32.8. The van der Waals surface area contributed by atoms with E-state index in [0.29, 0.717) is 11.5 Å². The molecule has 0 aliphatic carbocycles. The molecule has 0 saturated carbocycles. The first kappa shape index (κ1) is 33.7.